The van der Waals surface area contributed by atoms with E-state index in [0.717, 1.165) is 6.08 Å². The van der Waals surface area contributed by atoms with Gasteiger partial charge in [-0.15, -0.1) is 0 Å². The Morgan fingerprint density at radius 1 is 0.941 bits per heavy atom. The number of carbonyl (C=O) groups excluding carboxylic acids is 1. The van der Waals surface area contributed by atoms with Gasteiger partial charge in [-0.1, -0.05) is 6.08 Å². The average Bonchev–Trinajstić information content (AvgIpc) is 2.20. The molecule has 0 amide bonds. The zero-order valence-corrected chi connectivity index (χ0v) is 10.7. The number of ketones is 1. The van der Waals surface area contributed by atoms with Gasteiger partial charge >= 0.3 is 0 Å². The van der Waals surface area contributed by atoms with E-state index >= 15 is 0 Å². The van der Waals surface area contributed by atoms with Crippen molar-refractivity contribution in [3.63, 3.8) is 0 Å². The van der Waals surface area contributed by atoms with Crippen LogP contribution >= 0.6 is 0 Å². The summed E-state index contributed by atoms with van der Waals surface area (Å²) in [6.07, 6.45) is 10.1. The molecule has 0 spiro atoms. The van der Waals surface area contributed by atoms with E-state index in [1.807, 2.05) is 19.0 Å². The summed E-state index contributed by atoms with van der Waals surface area (Å²) in [6.45, 7) is 0. The Hall–Kier alpha value is -1.84. The minimum atomic E-state index is -0.458. The molecule has 0 N–H and O–H groups in total. The summed E-state index contributed by atoms with van der Waals surface area (Å²) in [7, 11) is 7.18. The van der Waals surface area contributed by atoms with E-state index in [2.05, 4.69) is 0 Å². The molecule has 94 valence electrons. The first kappa shape index (κ1) is 15.2. The Balaban J connectivity index is 4.23. The maximum atomic E-state index is 13.0. The normalized spacial score (nSPS) is 12.9. The quantitative estimate of drug-likeness (QED) is 0.523. The number of allylic oxidation sites excluding steroid dienone is 6. The largest absolute Gasteiger partial charge is 0.383 e. The van der Waals surface area contributed by atoms with Crippen LogP contribution in [0.3, 0.4) is 0 Å². The van der Waals surface area contributed by atoms with Crippen molar-refractivity contribution in [1.82, 2.24) is 9.80 Å². The Morgan fingerprint density at radius 2 is 1.59 bits per heavy atom. The first-order chi connectivity index (χ1) is 7.91. The molecule has 3 nitrogen and oxygen atoms in total. The van der Waals surface area contributed by atoms with Crippen molar-refractivity contribution in [1.29, 1.82) is 0 Å². The van der Waals surface area contributed by atoms with Crippen LogP contribution in [0.2, 0.25) is 0 Å². The highest BCUT2D eigenvalue weighted by Gasteiger charge is 1.91. The maximum absolute atomic E-state index is 13.0. The number of hydrogen-bond donors (Lipinski definition) is 0. The standard InChI is InChI=1S/C13H19FN2O/c1-15(2)10-6-5-7-13(17)9-8-12(14)11-16(3)4/h5-11H,1-4H3. The molecule has 0 radical (unpaired) electrons. The lowest BCUT2D eigenvalue weighted by atomic mass is 10.3. The number of rotatable bonds is 6. The van der Waals surface area contributed by atoms with Gasteiger partial charge in [0.2, 0.25) is 0 Å². The number of nitrogens with zero attached hydrogens (tertiary/aromatic N) is 2. The minimum absolute atomic E-state index is 0.254. The maximum Gasteiger partial charge on any atom is 0.178 e. The predicted octanol–water partition coefficient (Wildman–Crippen LogP) is 2.12. The van der Waals surface area contributed by atoms with Crippen molar-refractivity contribution in [2.75, 3.05) is 28.2 Å². The van der Waals surface area contributed by atoms with Crippen molar-refractivity contribution in [2.45, 2.75) is 0 Å². The van der Waals surface area contributed by atoms with Crippen molar-refractivity contribution in [3.05, 3.63) is 48.6 Å². The van der Waals surface area contributed by atoms with E-state index < -0.39 is 5.83 Å². The summed E-state index contributed by atoms with van der Waals surface area (Å²) >= 11 is 0. The second kappa shape index (κ2) is 8.33. The van der Waals surface area contributed by atoms with E-state index in [9.17, 15) is 9.18 Å². The monoisotopic (exact) mass is 238 g/mol. The topological polar surface area (TPSA) is 23.6 Å². The van der Waals surface area contributed by atoms with Gasteiger partial charge in [0.15, 0.2) is 5.78 Å². The second-order valence-electron chi connectivity index (χ2n) is 3.88. The highest BCUT2D eigenvalue weighted by molar-refractivity contribution is 5.99. The van der Waals surface area contributed by atoms with E-state index in [0.29, 0.717) is 0 Å². The molecule has 0 heterocycles. The molecule has 0 aliphatic heterocycles. The molecule has 0 aromatic rings. The molecule has 0 rings (SSSR count). The van der Waals surface area contributed by atoms with Gasteiger partial charge in [-0.3, -0.25) is 4.79 Å². The SMILES string of the molecule is CN(C)C=CC=CC(=O)C=CC(F)=CN(C)C. The molecule has 0 aliphatic rings. The molecule has 0 fully saturated rings. The van der Waals surface area contributed by atoms with Gasteiger partial charge in [-0.05, 0) is 30.5 Å². The van der Waals surface area contributed by atoms with Crippen molar-refractivity contribution < 1.29 is 9.18 Å². The summed E-state index contributed by atoms with van der Waals surface area (Å²) < 4.78 is 13.0. The molecule has 4 heteroatoms. The fourth-order valence-corrected chi connectivity index (χ4v) is 0.879. The zero-order valence-electron chi connectivity index (χ0n) is 10.7. The summed E-state index contributed by atoms with van der Waals surface area (Å²) in [6, 6.07) is 0. The first-order valence-corrected chi connectivity index (χ1v) is 5.19. The molecule has 0 bridgehead atoms. The smallest absolute Gasteiger partial charge is 0.178 e. The zero-order chi connectivity index (χ0) is 13.3. The number of carbonyl (C=O) groups is 1. The van der Waals surface area contributed by atoms with E-state index in [1.165, 1.54) is 18.4 Å². The van der Waals surface area contributed by atoms with Crippen LogP contribution in [0, 0.1) is 0 Å². The number of hydrogen-bond acceptors (Lipinski definition) is 3. The highest BCUT2D eigenvalue weighted by atomic mass is 19.1. The van der Waals surface area contributed by atoms with Crippen LogP contribution in [0.4, 0.5) is 4.39 Å². The number of halogens is 1. The third-order valence-electron chi connectivity index (χ3n) is 1.54. The van der Waals surface area contributed by atoms with Gasteiger partial charge in [0.1, 0.15) is 5.83 Å². The molecule has 0 aromatic carbocycles. The summed E-state index contributed by atoms with van der Waals surface area (Å²) in [5, 5.41) is 0. The van der Waals surface area contributed by atoms with Gasteiger partial charge in [0.05, 0.1) is 0 Å². The third-order valence-corrected chi connectivity index (χ3v) is 1.54. The predicted molar refractivity (Wildman–Crippen MR) is 69.0 cm³/mol. The molecular formula is C13H19FN2O. The molecule has 0 aromatic heterocycles. The van der Waals surface area contributed by atoms with Gasteiger partial charge < -0.3 is 9.80 Å². The molecule has 0 aliphatic carbocycles. The van der Waals surface area contributed by atoms with Gasteiger partial charge in [0, 0.05) is 34.4 Å². The van der Waals surface area contributed by atoms with Crippen LogP contribution in [0.25, 0.3) is 0 Å². The highest BCUT2D eigenvalue weighted by Crippen LogP contribution is 1.99. The third kappa shape index (κ3) is 10.4. The Morgan fingerprint density at radius 3 is 2.12 bits per heavy atom. The van der Waals surface area contributed by atoms with Crippen molar-refractivity contribution in [2.24, 2.45) is 0 Å². The van der Waals surface area contributed by atoms with Crippen LogP contribution in [0.1, 0.15) is 0 Å². The summed E-state index contributed by atoms with van der Waals surface area (Å²) in [5.41, 5.74) is 0. The van der Waals surface area contributed by atoms with Crippen LogP contribution in [0.5, 0.6) is 0 Å². The average molecular weight is 238 g/mol. The van der Waals surface area contributed by atoms with Crippen LogP contribution < -0.4 is 0 Å². The molecule has 0 saturated carbocycles. The second-order valence-corrected chi connectivity index (χ2v) is 3.88. The fourth-order valence-electron chi connectivity index (χ4n) is 0.879. The Labute approximate surface area is 102 Å². The van der Waals surface area contributed by atoms with Crippen LogP contribution in [-0.4, -0.2) is 43.8 Å². The molecule has 0 saturated heterocycles. The Bertz CT molecular complexity index is 352. The first-order valence-electron chi connectivity index (χ1n) is 5.19. The van der Waals surface area contributed by atoms with Gasteiger partial charge in [-0.25, -0.2) is 4.39 Å². The van der Waals surface area contributed by atoms with Crippen LogP contribution in [-0.2, 0) is 4.79 Å². The lowest BCUT2D eigenvalue weighted by molar-refractivity contribution is -0.110. The summed E-state index contributed by atoms with van der Waals surface area (Å²) in [5.74, 6) is -0.712. The van der Waals surface area contributed by atoms with E-state index in [-0.39, 0.29) is 5.78 Å². The fraction of sp³-hybridized carbons (Fsp3) is 0.308. The van der Waals surface area contributed by atoms with Crippen molar-refractivity contribution >= 4 is 5.78 Å². The van der Waals surface area contributed by atoms with E-state index in [1.54, 1.807) is 37.3 Å². The van der Waals surface area contributed by atoms with Crippen molar-refractivity contribution in [3.8, 4) is 0 Å². The Kier molecular flexibility index (Phi) is 7.43. The lowest BCUT2D eigenvalue weighted by Crippen LogP contribution is -2.01. The van der Waals surface area contributed by atoms with Crippen LogP contribution in [0.15, 0.2) is 48.6 Å². The molecule has 0 unspecified atom stereocenters. The van der Waals surface area contributed by atoms with Gasteiger partial charge in [-0.2, -0.15) is 0 Å². The molecular weight excluding hydrogens is 219 g/mol. The summed E-state index contributed by atoms with van der Waals surface area (Å²) in [4.78, 5) is 14.7. The van der Waals surface area contributed by atoms with E-state index in [4.69, 9.17) is 0 Å². The molecule has 17 heavy (non-hydrogen) atoms. The molecule has 0 atom stereocenters. The van der Waals surface area contributed by atoms with Gasteiger partial charge in [0.25, 0.3) is 0 Å². The lowest BCUT2D eigenvalue weighted by Gasteiger charge is -2.02. The minimum Gasteiger partial charge on any atom is -0.383 e.